The predicted molar refractivity (Wildman–Crippen MR) is 59.2 cm³/mol. The fraction of sp³-hybridized carbons (Fsp3) is 0.273. The van der Waals surface area contributed by atoms with Gasteiger partial charge in [-0.15, -0.1) is 6.42 Å². The number of nitrogens with one attached hydrogen (secondary N) is 1. The van der Waals surface area contributed by atoms with Crippen LogP contribution in [0.15, 0.2) is 34.0 Å². The lowest BCUT2D eigenvalue weighted by Gasteiger charge is -2.21. The number of rotatable bonds is 2. The highest BCUT2D eigenvalue weighted by Gasteiger charge is 2.34. The van der Waals surface area contributed by atoms with Gasteiger partial charge in [0.25, 0.3) is 5.56 Å². The van der Waals surface area contributed by atoms with Gasteiger partial charge in [0.2, 0.25) is 0 Å². The van der Waals surface area contributed by atoms with E-state index in [2.05, 4.69) is 10.9 Å². The molecule has 1 aliphatic rings. The van der Waals surface area contributed by atoms with Gasteiger partial charge in [-0.3, -0.25) is 14.3 Å². The zero-order valence-corrected chi connectivity index (χ0v) is 8.79. The molecular formula is C11H10N2O4. The van der Waals surface area contributed by atoms with Crippen LogP contribution in [0.4, 0.5) is 0 Å². The Hall–Kier alpha value is -2.10. The van der Waals surface area contributed by atoms with Crippen molar-refractivity contribution in [1.82, 2.24) is 9.55 Å². The van der Waals surface area contributed by atoms with Gasteiger partial charge >= 0.3 is 5.69 Å². The molecule has 1 aromatic heterocycles. The molecule has 2 heterocycles. The first-order valence-electron chi connectivity index (χ1n) is 4.87. The summed E-state index contributed by atoms with van der Waals surface area (Å²) in [5.74, 6) is 2.31. The first kappa shape index (κ1) is 11.4. The van der Waals surface area contributed by atoms with Crippen LogP contribution >= 0.6 is 0 Å². The summed E-state index contributed by atoms with van der Waals surface area (Å²) in [6.45, 7) is -0.380. The van der Waals surface area contributed by atoms with Crippen molar-refractivity contribution in [2.24, 2.45) is 0 Å². The van der Waals surface area contributed by atoms with E-state index in [0.29, 0.717) is 0 Å². The summed E-state index contributed by atoms with van der Waals surface area (Å²) >= 11 is 0. The number of hydrogen-bond donors (Lipinski definition) is 2. The van der Waals surface area contributed by atoms with Gasteiger partial charge in [-0.2, -0.15) is 0 Å². The largest absolute Gasteiger partial charge is 0.392 e. The summed E-state index contributed by atoms with van der Waals surface area (Å²) in [5.41, 5.74) is -2.29. The molecule has 1 aliphatic heterocycles. The van der Waals surface area contributed by atoms with Crippen LogP contribution in [-0.2, 0) is 4.74 Å². The van der Waals surface area contributed by atoms with Gasteiger partial charge in [-0.25, -0.2) is 4.79 Å². The van der Waals surface area contributed by atoms with Crippen LogP contribution < -0.4 is 11.2 Å². The van der Waals surface area contributed by atoms with Crippen LogP contribution in [0.3, 0.4) is 0 Å². The molecule has 6 nitrogen and oxygen atoms in total. The lowest BCUT2D eigenvalue weighted by atomic mass is 10.1. The monoisotopic (exact) mass is 234 g/mol. The van der Waals surface area contributed by atoms with E-state index in [0.717, 1.165) is 0 Å². The van der Waals surface area contributed by atoms with Crippen molar-refractivity contribution in [3.8, 4) is 12.3 Å². The van der Waals surface area contributed by atoms with Crippen LogP contribution in [0.1, 0.15) is 6.23 Å². The van der Waals surface area contributed by atoms with Crippen molar-refractivity contribution in [2.45, 2.75) is 11.8 Å². The van der Waals surface area contributed by atoms with Gasteiger partial charge in [0.1, 0.15) is 0 Å². The van der Waals surface area contributed by atoms with E-state index < -0.39 is 23.1 Å². The average molecular weight is 234 g/mol. The summed E-state index contributed by atoms with van der Waals surface area (Å²) in [6.07, 6.45) is 8.88. The molecule has 0 radical (unpaired) electrons. The van der Waals surface area contributed by atoms with Gasteiger partial charge in [-0.05, 0) is 12.2 Å². The quantitative estimate of drug-likeness (QED) is 0.507. The Balaban J connectivity index is 2.35. The first-order chi connectivity index (χ1) is 8.10. The molecule has 0 amide bonds. The number of hydrogen-bond acceptors (Lipinski definition) is 4. The van der Waals surface area contributed by atoms with E-state index in [-0.39, 0.29) is 6.61 Å². The van der Waals surface area contributed by atoms with Crippen LogP contribution in [-0.4, -0.2) is 26.9 Å². The van der Waals surface area contributed by atoms with Crippen LogP contribution in [0.25, 0.3) is 0 Å². The Labute approximate surface area is 96.2 Å². The maximum absolute atomic E-state index is 11.5. The van der Waals surface area contributed by atoms with Crippen LogP contribution in [0, 0.1) is 12.3 Å². The molecule has 1 aromatic rings. The maximum atomic E-state index is 11.5. The second-order valence-electron chi connectivity index (χ2n) is 3.58. The molecule has 0 aliphatic carbocycles. The Morgan fingerprint density at radius 1 is 1.65 bits per heavy atom. The summed E-state index contributed by atoms with van der Waals surface area (Å²) in [7, 11) is 0. The van der Waals surface area contributed by atoms with Gasteiger partial charge < -0.3 is 9.84 Å². The first-order valence-corrected chi connectivity index (χ1v) is 4.87. The molecule has 0 spiro atoms. The summed E-state index contributed by atoms with van der Waals surface area (Å²) in [6, 6.07) is 1.20. The minimum atomic E-state index is -1.21. The topological polar surface area (TPSA) is 84.3 Å². The molecule has 88 valence electrons. The average Bonchev–Trinajstić information content (AvgIpc) is 2.74. The third-order valence-corrected chi connectivity index (χ3v) is 2.47. The van der Waals surface area contributed by atoms with Crippen molar-refractivity contribution in [3.05, 3.63) is 45.3 Å². The number of nitrogens with zero attached hydrogens (tertiary/aromatic N) is 1. The highest BCUT2D eigenvalue weighted by atomic mass is 16.5. The van der Waals surface area contributed by atoms with E-state index in [9.17, 15) is 9.59 Å². The van der Waals surface area contributed by atoms with Gasteiger partial charge in [0, 0.05) is 12.3 Å². The molecule has 2 atom stereocenters. The van der Waals surface area contributed by atoms with Crippen LogP contribution in [0.2, 0.25) is 0 Å². The van der Waals surface area contributed by atoms with Crippen molar-refractivity contribution in [2.75, 3.05) is 6.61 Å². The van der Waals surface area contributed by atoms with Crippen LogP contribution in [0.5, 0.6) is 0 Å². The zero-order chi connectivity index (χ0) is 12.5. The summed E-state index contributed by atoms with van der Waals surface area (Å²) < 4.78 is 6.57. The number of aliphatic hydroxyl groups excluding tert-OH is 1. The fourth-order valence-corrected chi connectivity index (χ4v) is 1.53. The number of H-pyrrole nitrogens is 1. The Bertz CT molecular complexity index is 607. The maximum Gasteiger partial charge on any atom is 0.330 e. The van der Waals surface area contributed by atoms with Crippen molar-refractivity contribution >= 4 is 0 Å². The van der Waals surface area contributed by atoms with Crippen molar-refractivity contribution < 1.29 is 9.84 Å². The lowest BCUT2D eigenvalue weighted by molar-refractivity contribution is -0.0502. The van der Waals surface area contributed by atoms with Gasteiger partial charge in [-0.1, -0.05) is 5.92 Å². The number of terminal acetylenes is 1. The Kier molecular flexibility index (Phi) is 2.71. The SMILES string of the molecule is C#C[C@@]1(CO)C=C[C@H](n2ccc(=O)[nH]c2=O)O1. The van der Waals surface area contributed by atoms with Crippen molar-refractivity contribution in [1.29, 1.82) is 0 Å². The van der Waals surface area contributed by atoms with E-state index in [1.165, 1.54) is 22.9 Å². The summed E-state index contributed by atoms with van der Waals surface area (Å²) in [5, 5.41) is 9.13. The molecule has 2 N–H and O–H groups in total. The van der Waals surface area contributed by atoms with E-state index in [1.54, 1.807) is 6.08 Å². The molecule has 0 unspecified atom stereocenters. The lowest BCUT2D eigenvalue weighted by Crippen LogP contribution is -2.35. The number of aliphatic hydroxyl groups is 1. The molecule has 6 heteroatoms. The second kappa shape index (κ2) is 4.05. The zero-order valence-electron chi connectivity index (χ0n) is 8.79. The number of ether oxygens (including phenoxy) is 1. The Morgan fingerprint density at radius 2 is 2.41 bits per heavy atom. The Morgan fingerprint density at radius 3 is 2.94 bits per heavy atom. The highest BCUT2D eigenvalue weighted by molar-refractivity contribution is 5.24. The second-order valence-corrected chi connectivity index (χ2v) is 3.58. The molecule has 17 heavy (non-hydrogen) atoms. The van der Waals surface area contributed by atoms with E-state index >= 15 is 0 Å². The predicted octanol–water partition coefficient (Wildman–Crippen LogP) is -1.01. The molecule has 2 rings (SSSR count). The summed E-state index contributed by atoms with van der Waals surface area (Å²) in [4.78, 5) is 24.5. The number of aromatic amines is 1. The van der Waals surface area contributed by atoms with E-state index in [4.69, 9.17) is 16.3 Å². The normalized spacial score (nSPS) is 26.9. The third-order valence-electron chi connectivity index (χ3n) is 2.47. The van der Waals surface area contributed by atoms with Crippen molar-refractivity contribution in [3.63, 3.8) is 0 Å². The minimum Gasteiger partial charge on any atom is -0.392 e. The molecular weight excluding hydrogens is 224 g/mol. The molecule has 0 bridgehead atoms. The molecule has 0 saturated heterocycles. The third kappa shape index (κ3) is 1.93. The van der Waals surface area contributed by atoms with Gasteiger partial charge in [0.05, 0.1) is 6.61 Å². The van der Waals surface area contributed by atoms with E-state index in [1.807, 2.05) is 0 Å². The van der Waals surface area contributed by atoms with Gasteiger partial charge in [0.15, 0.2) is 11.8 Å². The molecule has 0 saturated carbocycles. The number of aromatic nitrogens is 2. The molecule has 0 aromatic carbocycles. The highest BCUT2D eigenvalue weighted by Crippen LogP contribution is 2.27. The standard InChI is InChI=1S/C11H10N2O4/c1-2-11(7-14)5-3-9(17-11)13-6-4-8(15)12-10(13)16/h1,3-6,9,14H,7H2,(H,12,15,16)/t9-,11+/m1/s1. The smallest absolute Gasteiger partial charge is 0.330 e. The fourth-order valence-electron chi connectivity index (χ4n) is 1.53. The molecule has 0 fully saturated rings. The minimum absolute atomic E-state index is 0.380.